The Morgan fingerprint density at radius 1 is 1.16 bits per heavy atom. The van der Waals surface area contributed by atoms with Gasteiger partial charge in [-0.05, 0) is 69.6 Å². The largest absolute Gasteiger partial charge is 0.341 e. The van der Waals surface area contributed by atoms with Gasteiger partial charge >= 0.3 is 0 Å². The third-order valence-electron chi connectivity index (χ3n) is 6.20. The molecule has 1 aromatic carbocycles. The maximum Gasteiger partial charge on any atom is 0.243 e. The van der Waals surface area contributed by atoms with E-state index in [4.69, 9.17) is 4.98 Å². The highest BCUT2D eigenvalue weighted by molar-refractivity contribution is 7.89. The number of sulfonamides is 1. The summed E-state index contributed by atoms with van der Waals surface area (Å²) >= 11 is 0. The molecule has 9 heteroatoms. The molecule has 0 amide bonds. The Balaban J connectivity index is 1.64. The topological polar surface area (TPSA) is 69.6 Å². The van der Waals surface area contributed by atoms with E-state index in [1.165, 1.54) is 22.5 Å². The van der Waals surface area contributed by atoms with E-state index in [0.717, 1.165) is 44.1 Å². The zero-order valence-corrected chi connectivity index (χ0v) is 19.1. The summed E-state index contributed by atoms with van der Waals surface area (Å²) in [6.07, 6.45) is 4.07. The predicted molar refractivity (Wildman–Crippen MR) is 118 cm³/mol. The van der Waals surface area contributed by atoms with E-state index in [0.29, 0.717) is 18.7 Å². The van der Waals surface area contributed by atoms with Crippen molar-refractivity contribution in [3.05, 3.63) is 47.5 Å². The molecule has 0 saturated carbocycles. The van der Waals surface area contributed by atoms with Gasteiger partial charge in [-0.15, -0.1) is 0 Å². The summed E-state index contributed by atoms with van der Waals surface area (Å²) < 4.78 is 41.9. The highest BCUT2D eigenvalue weighted by atomic mass is 32.2. The molecule has 2 saturated heterocycles. The van der Waals surface area contributed by atoms with Crippen molar-refractivity contribution in [2.24, 2.45) is 5.92 Å². The molecule has 0 aliphatic carbocycles. The fraction of sp³-hybridized carbons (Fsp3) is 0.545. The van der Waals surface area contributed by atoms with Crippen LogP contribution in [0.25, 0.3) is 0 Å². The summed E-state index contributed by atoms with van der Waals surface area (Å²) in [7, 11) is 0.261. The molecule has 3 heterocycles. The smallest absolute Gasteiger partial charge is 0.243 e. The Kier molecular flexibility index (Phi) is 6.27. The molecule has 4 rings (SSSR count). The van der Waals surface area contributed by atoms with Crippen LogP contribution in [0.15, 0.2) is 35.4 Å². The van der Waals surface area contributed by atoms with Gasteiger partial charge in [-0.25, -0.2) is 22.8 Å². The Morgan fingerprint density at radius 2 is 1.90 bits per heavy atom. The van der Waals surface area contributed by atoms with Crippen molar-refractivity contribution in [3.8, 4) is 0 Å². The van der Waals surface area contributed by atoms with Gasteiger partial charge in [0.05, 0.1) is 10.6 Å². The summed E-state index contributed by atoms with van der Waals surface area (Å²) in [5.41, 5.74) is 1.31. The summed E-state index contributed by atoms with van der Waals surface area (Å²) in [6.45, 7) is 5.06. The monoisotopic (exact) mass is 447 g/mol. The molecule has 2 fully saturated rings. The minimum absolute atomic E-state index is 0.0257. The van der Waals surface area contributed by atoms with E-state index in [1.54, 1.807) is 13.1 Å². The van der Waals surface area contributed by atoms with Crippen molar-refractivity contribution in [2.75, 3.05) is 51.7 Å². The van der Waals surface area contributed by atoms with Gasteiger partial charge in [0, 0.05) is 44.8 Å². The number of hydrogen-bond donors (Lipinski definition) is 0. The van der Waals surface area contributed by atoms with Gasteiger partial charge in [-0.3, -0.25) is 0 Å². The molecule has 2 aliphatic rings. The zero-order valence-electron chi connectivity index (χ0n) is 18.3. The van der Waals surface area contributed by atoms with Crippen molar-refractivity contribution in [1.82, 2.24) is 19.2 Å². The van der Waals surface area contributed by atoms with E-state index < -0.39 is 15.8 Å². The molecule has 0 radical (unpaired) electrons. The Hall–Kier alpha value is -2.10. The molecule has 2 aliphatic heterocycles. The average molecular weight is 448 g/mol. The van der Waals surface area contributed by atoms with Gasteiger partial charge in [0.2, 0.25) is 16.0 Å². The first kappa shape index (κ1) is 22.1. The molecule has 31 heavy (non-hydrogen) atoms. The lowest BCUT2D eigenvalue weighted by Gasteiger charge is -2.22. The molecule has 0 bridgehead atoms. The van der Waals surface area contributed by atoms with Crippen LogP contribution in [0.2, 0.25) is 0 Å². The predicted octanol–water partition coefficient (Wildman–Crippen LogP) is 2.49. The lowest BCUT2D eigenvalue weighted by molar-refractivity contribution is 0.315. The van der Waals surface area contributed by atoms with Crippen LogP contribution < -0.4 is 4.90 Å². The first-order chi connectivity index (χ1) is 14.8. The average Bonchev–Trinajstić information content (AvgIpc) is 3.38. The first-order valence-electron chi connectivity index (χ1n) is 10.7. The Labute approximate surface area is 184 Å². The number of aromatic nitrogens is 2. The van der Waals surface area contributed by atoms with Crippen LogP contribution >= 0.6 is 0 Å². The highest BCUT2D eigenvalue weighted by Gasteiger charge is 2.41. The standard InChI is InChI=1S/C22H30FN5O2S/c1-16-12-18(23)6-7-21(16)31(29,30)28-14-17(13-26(2)3)19(15-28)20-8-9-24-22(25-20)27-10-4-5-11-27/h6-9,12,17,19H,4-5,10-11,13-15H2,1-3H3/t17-,19-/m1/s1. The zero-order chi connectivity index (χ0) is 22.2. The molecule has 2 aromatic rings. The molecule has 2 atom stereocenters. The number of benzene rings is 1. The minimum Gasteiger partial charge on any atom is -0.341 e. The van der Waals surface area contributed by atoms with Crippen LogP contribution in [0.1, 0.15) is 30.0 Å². The second-order valence-corrected chi connectivity index (χ2v) is 10.7. The van der Waals surface area contributed by atoms with Crippen LogP contribution in [0.3, 0.4) is 0 Å². The molecule has 0 unspecified atom stereocenters. The van der Waals surface area contributed by atoms with E-state index in [1.807, 2.05) is 20.2 Å². The number of halogens is 1. The number of hydrogen-bond acceptors (Lipinski definition) is 6. The van der Waals surface area contributed by atoms with E-state index in [2.05, 4.69) is 14.8 Å². The molecule has 1 aromatic heterocycles. The maximum atomic E-state index is 13.5. The Bertz CT molecular complexity index is 1040. The third kappa shape index (κ3) is 4.58. The summed E-state index contributed by atoms with van der Waals surface area (Å²) in [5, 5.41) is 0. The normalized spacial score (nSPS) is 22.5. The van der Waals surface area contributed by atoms with E-state index in [-0.39, 0.29) is 16.7 Å². The fourth-order valence-electron chi connectivity index (χ4n) is 4.70. The lowest BCUT2D eigenvalue weighted by Crippen LogP contribution is -2.31. The molecule has 0 N–H and O–H groups in total. The van der Waals surface area contributed by atoms with E-state index >= 15 is 0 Å². The van der Waals surface area contributed by atoms with Gasteiger partial charge < -0.3 is 9.80 Å². The van der Waals surface area contributed by atoms with Gasteiger partial charge in [0.15, 0.2) is 0 Å². The molecular weight excluding hydrogens is 417 g/mol. The van der Waals surface area contributed by atoms with Gasteiger partial charge in [-0.1, -0.05) is 0 Å². The van der Waals surface area contributed by atoms with Crippen LogP contribution in [0.4, 0.5) is 10.3 Å². The third-order valence-corrected chi connectivity index (χ3v) is 8.19. The first-order valence-corrected chi connectivity index (χ1v) is 12.2. The van der Waals surface area contributed by atoms with Crippen molar-refractivity contribution in [1.29, 1.82) is 0 Å². The van der Waals surface area contributed by atoms with Gasteiger partial charge in [0.1, 0.15) is 5.82 Å². The molecular formula is C22H30FN5O2S. The molecule has 168 valence electrons. The van der Waals surface area contributed by atoms with Crippen LogP contribution in [-0.4, -0.2) is 74.4 Å². The Morgan fingerprint density at radius 3 is 2.58 bits per heavy atom. The second-order valence-electron chi connectivity index (χ2n) is 8.84. The summed E-state index contributed by atoms with van der Waals surface area (Å²) in [6, 6.07) is 5.75. The number of rotatable bonds is 6. The molecule has 0 spiro atoms. The van der Waals surface area contributed by atoms with Gasteiger partial charge in [-0.2, -0.15) is 4.31 Å². The molecule has 7 nitrogen and oxygen atoms in total. The van der Waals surface area contributed by atoms with Gasteiger partial charge in [0.25, 0.3) is 0 Å². The van der Waals surface area contributed by atoms with Crippen LogP contribution in [0.5, 0.6) is 0 Å². The van der Waals surface area contributed by atoms with Crippen molar-refractivity contribution >= 4 is 16.0 Å². The van der Waals surface area contributed by atoms with E-state index in [9.17, 15) is 12.8 Å². The summed E-state index contributed by atoms with van der Waals surface area (Å²) in [4.78, 5) is 13.7. The minimum atomic E-state index is -3.73. The number of aryl methyl sites for hydroxylation is 1. The van der Waals surface area contributed by atoms with Crippen LogP contribution in [-0.2, 0) is 10.0 Å². The van der Waals surface area contributed by atoms with Crippen molar-refractivity contribution in [2.45, 2.75) is 30.6 Å². The summed E-state index contributed by atoms with van der Waals surface area (Å²) in [5.74, 6) is 0.375. The lowest BCUT2D eigenvalue weighted by atomic mass is 9.92. The van der Waals surface area contributed by atoms with Crippen LogP contribution in [0, 0.1) is 18.7 Å². The van der Waals surface area contributed by atoms with Crippen molar-refractivity contribution in [3.63, 3.8) is 0 Å². The quantitative estimate of drug-likeness (QED) is 0.678. The highest BCUT2D eigenvalue weighted by Crippen LogP contribution is 2.36. The number of anilines is 1. The second kappa shape index (κ2) is 8.80. The van der Waals surface area contributed by atoms with Crippen molar-refractivity contribution < 1.29 is 12.8 Å². The fourth-order valence-corrected chi connectivity index (χ4v) is 6.42. The number of nitrogens with zero attached hydrogens (tertiary/aromatic N) is 5. The maximum absolute atomic E-state index is 13.5. The SMILES string of the molecule is Cc1cc(F)ccc1S(=O)(=O)N1C[C@@H](CN(C)C)[C@H](c2ccnc(N3CCCC3)n2)C1.